The van der Waals surface area contributed by atoms with Crippen LogP contribution in [-0.2, 0) is 4.79 Å². The van der Waals surface area contributed by atoms with Crippen LogP contribution in [0.2, 0.25) is 10.0 Å². The van der Waals surface area contributed by atoms with E-state index in [0.29, 0.717) is 16.1 Å². The first-order valence-corrected chi connectivity index (χ1v) is 7.52. The van der Waals surface area contributed by atoms with Crippen molar-refractivity contribution in [2.24, 2.45) is 0 Å². The summed E-state index contributed by atoms with van der Waals surface area (Å²) in [6, 6.07) is 3.93. The van der Waals surface area contributed by atoms with Gasteiger partial charge in [-0.15, -0.1) is 0 Å². The van der Waals surface area contributed by atoms with Crippen molar-refractivity contribution < 1.29 is 9.90 Å². The lowest BCUT2D eigenvalue weighted by molar-refractivity contribution is -0.133. The van der Waals surface area contributed by atoms with Crippen LogP contribution in [-0.4, -0.2) is 26.4 Å². The van der Waals surface area contributed by atoms with Gasteiger partial charge in [0.05, 0.1) is 26.8 Å². The van der Waals surface area contributed by atoms with Gasteiger partial charge in [0.2, 0.25) is 0 Å². The van der Waals surface area contributed by atoms with E-state index in [0.717, 1.165) is 29.0 Å². The summed E-state index contributed by atoms with van der Waals surface area (Å²) in [7, 11) is 0. The van der Waals surface area contributed by atoms with E-state index >= 15 is 0 Å². The number of rotatable bonds is 4. The maximum Gasteiger partial charge on any atom is 0.313 e. The SMILES string of the molecule is O=C(O)CSc1nc2cc(Cl)c(Cl)cc2n1C1CC1. The Kier molecular flexibility index (Phi) is 3.37. The van der Waals surface area contributed by atoms with Gasteiger partial charge in [-0.05, 0) is 25.0 Å². The van der Waals surface area contributed by atoms with E-state index in [1.54, 1.807) is 12.1 Å². The molecule has 0 aliphatic heterocycles. The molecule has 0 unspecified atom stereocenters. The monoisotopic (exact) mass is 316 g/mol. The number of imidazole rings is 1. The number of carboxylic acids is 1. The van der Waals surface area contributed by atoms with E-state index in [-0.39, 0.29) is 5.75 Å². The van der Waals surface area contributed by atoms with E-state index < -0.39 is 5.97 Å². The van der Waals surface area contributed by atoms with Crippen LogP contribution in [0.4, 0.5) is 0 Å². The summed E-state index contributed by atoms with van der Waals surface area (Å²) < 4.78 is 2.07. The average Bonchev–Trinajstić information content (AvgIpc) is 3.11. The van der Waals surface area contributed by atoms with Crippen molar-refractivity contribution in [1.29, 1.82) is 0 Å². The number of fused-ring (bicyclic) bond motifs is 1. The highest BCUT2D eigenvalue weighted by Crippen LogP contribution is 2.42. The Hall–Kier alpha value is -0.910. The number of aromatic nitrogens is 2. The van der Waals surface area contributed by atoms with E-state index in [9.17, 15) is 4.79 Å². The number of hydrogen-bond donors (Lipinski definition) is 1. The van der Waals surface area contributed by atoms with Crippen molar-refractivity contribution in [3.05, 3.63) is 22.2 Å². The third kappa shape index (κ3) is 2.55. The number of benzene rings is 1. The van der Waals surface area contributed by atoms with Gasteiger partial charge >= 0.3 is 5.97 Å². The molecule has 19 heavy (non-hydrogen) atoms. The summed E-state index contributed by atoms with van der Waals surface area (Å²) in [5.74, 6) is -0.854. The van der Waals surface area contributed by atoms with E-state index in [1.807, 2.05) is 0 Å². The van der Waals surface area contributed by atoms with Crippen LogP contribution >= 0.6 is 35.0 Å². The summed E-state index contributed by atoms with van der Waals surface area (Å²) >= 11 is 13.3. The molecule has 1 saturated carbocycles. The van der Waals surface area contributed by atoms with Gasteiger partial charge in [0, 0.05) is 6.04 Å². The van der Waals surface area contributed by atoms with Crippen molar-refractivity contribution in [3.63, 3.8) is 0 Å². The lowest BCUT2D eigenvalue weighted by atomic mass is 10.3. The van der Waals surface area contributed by atoms with Crippen LogP contribution in [0.1, 0.15) is 18.9 Å². The van der Waals surface area contributed by atoms with Crippen LogP contribution in [0, 0.1) is 0 Å². The van der Waals surface area contributed by atoms with Gasteiger partial charge in [0.15, 0.2) is 5.16 Å². The molecule has 0 saturated heterocycles. The molecule has 1 aliphatic rings. The normalized spacial score (nSPS) is 15.1. The van der Waals surface area contributed by atoms with Crippen LogP contribution < -0.4 is 0 Å². The smallest absolute Gasteiger partial charge is 0.313 e. The Morgan fingerprint density at radius 1 is 1.42 bits per heavy atom. The second kappa shape index (κ2) is 4.89. The molecule has 2 aromatic rings. The Labute approximate surface area is 123 Å². The topological polar surface area (TPSA) is 55.1 Å². The molecule has 1 aliphatic carbocycles. The van der Waals surface area contributed by atoms with Gasteiger partial charge in [-0.2, -0.15) is 0 Å². The molecule has 1 aromatic carbocycles. The van der Waals surface area contributed by atoms with Gasteiger partial charge in [-0.25, -0.2) is 4.98 Å². The number of nitrogens with zero attached hydrogens (tertiary/aromatic N) is 2. The first kappa shape index (κ1) is 13.1. The minimum absolute atomic E-state index is 0.00247. The molecule has 3 rings (SSSR count). The van der Waals surface area contributed by atoms with Gasteiger partial charge in [0.1, 0.15) is 0 Å². The number of carboxylic acid groups (broad SMARTS) is 1. The molecular weight excluding hydrogens is 307 g/mol. The van der Waals surface area contributed by atoms with Crippen LogP contribution in [0.25, 0.3) is 11.0 Å². The Morgan fingerprint density at radius 3 is 2.74 bits per heavy atom. The second-order valence-electron chi connectivity index (χ2n) is 4.43. The quantitative estimate of drug-likeness (QED) is 0.870. The molecule has 0 radical (unpaired) electrons. The fourth-order valence-corrected chi connectivity index (χ4v) is 3.10. The number of carbonyl (C=O) groups is 1. The van der Waals surface area contributed by atoms with E-state index in [2.05, 4.69) is 9.55 Å². The highest BCUT2D eigenvalue weighted by atomic mass is 35.5. The Bertz CT molecular complexity index is 667. The van der Waals surface area contributed by atoms with Crippen molar-refractivity contribution >= 4 is 52.0 Å². The van der Waals surface area contributed by atoms with Crippen LogP contribution in [0.5, 0.6) is 0 Å². The summed E-state index contributed by atoms with van der Waals surface area (Å²) in [6.07, 6.45) is 2.18. The summed E-state index contributed by atoms with van der Waals surface area (Å²) in [5.41, 5.74) is 1.68. The minimum Gasteiger partial charge on any atom is -0.481 e. The highest BCUT2D eigenvalue weighted by Gasteiger charge is 2.29. The molecule has 0 spiro atoms. The maximum absolute atomic E-state index is 10.7. The van der Waals surface area contributed by atoms with Crippen LogP contribution in [0.3, 0.4) is 0 Å². The Balaban J connectivity index is 2.10. The van der Waals surface area contributed by atoms with Gasteiger partial charge < -0.3 is 9.67 Å². The Morgan fingerprint density at radius 2 is 2.11 bits per heavy atom. The predicted octanol–water partition coefficient (Wildman–Crippen LogP) is 3.85. The third-order valence-electron chi connectivity index (χ3n) is 2.94. The van der Waals surface area contributed by atoms with Gasteiger partial charge in [-0.3, -0.25) is 4.79 Å². The zero-order valence-electron chi connectivity index (χ0n) is 9.77. The standard InChI is InChI=1S/C12H10Cl2N2O2S/c13-7-3-9-10(4-8(7)14)16(6-1-2-6)12(15-9)19-5-11(17)18/h3-4,6H,1-2,5H2,(H,17,18). The van der Waals surface area contributed by atoms with Crippen molar-refractivity contribution in [2.45, 2.75) is 24.0 Å². The van der Waals surface area contributed by atoms with Crippen molar-refractivity contribution in [1.82, 2.24) is 9.55 Å². The zero-order chi connectivity index (χ0) is 13.6. The summed E-state index contributed by atoms with van der Waals surface area (Å²) in [4.78, 5) is 15.2. The van der Waals surface area contributed by atoms with E-state index in [4.69, 9.17) is 28.3 Å². The predicted molar refractivity (Wildman–Crippen MR) is 76.4 cm³/mol. The number of halogens is 2. The molecule has 0 atom stereocenters. The third-order valence-corrected chi connectivity index (χ3v) is 4.60. The van der Waals surface area contributed by atoms with Crippen molar-refractivity contribution in [3.8, 4) is 0 Å². The lowest BCUT2D eigenvalue weighted by Gasteiger charge is -2.06. The summed E-state index contributed by atoms with van der Waals surface area (Å²) in [6.45, 7) is 0. The fraction of sp³-hybridized carbons (Fsp3) is 0.333. The summed E-state index contributed by atoms with van der Waals surface area (Å²) in [5, 5.41) is 10.5. The second-order valence-corrected chi connectivity index (χ2v) is 6.19. The fourth-order valence-electron chi connectivity index (χ4n) is 1.98. The molecule has 1 aromatic heterocycles. The largest absolute Gasteiger partial charge is 0.481 e. The zero-order valence-corrected chi connectivity index (χ0v) is 12.1. The molecule has 0 amide bonds. The molecule has 1 heterocycles. The molecule has 1 fully saturated rings. The van der Waals surface area contributed by atoms with Crippen LogP contribution in [0.15, 0.2) is 17.3 Å². The molecule has 7 heteroatoms. The molecule has 4 nitrogen and oxygen atoms in total. The van der Waals surface area contributed by atoms with Gasteiger partial charge in [0.25, 0.3) is 0 Å². The molecular formula is C12H10Cl2N2O2S. The van der Waals surface area contributed by atoms with Gasteiger partial charge in [-0.1, -0.05) is 35.0 Å². The molecule has 0 bridgehead atoms. The molecule has 100 valence electrons. The minimum atomic E-state index is -0.851. The maximum atomic E-state index is 10.7. The molecule has 1 N–H and O–H groups in total. The number of aliphatic carboxylic acids is 1. The first-order chi connectivity index (χ1) is 9.06. The number of hydrogen-bond acceptors (Lipinski definition) is 3. The van der Waals surface area contributed by atoms with E-state index in [1.165, 1.54) is 11.8 Å². The first-order valence-electron chi connectivity index (χ1n) is 5.78. The average molecular weight is 317 g/mol. The van der Waals surface area contributed by atoms with Crippen molar-refractivity contribution in [2.75, 3.05) is 5.75 Å². The highest BCUT2D eigenvalue weighted by molar-refractivity contribution is 7.99. The number of thioether (sulfide) groups is 1. The lowest BCUT2D eigenvalue weighted by Crippen LogP contribution is -2.01.